The normalized spacial score (nSPS) is 10.6. The van der Waals surface area contributed by atoms with Crippen molar-refractivity contribution in [2.45, 2.75) is 34.2 Å². The van der Waals surface area contributed by atoms with E-state index in [-0.39, 0.29) is 5.97 Å². The summed E-state index contributed by atoms with van der Waals surface area (Å²) in [5.41, 5.74) is 5.29. The number of benzene rings is 1. The standard InChI is InChI=1S/C17H21NO2/c1-5-20-17(19)16-14(4)8-9-18(16)11-15-10-12(2)6-7-13(15)3/h6-10H,5,11H2,1-4H3. The highest BCUT2D eigenvalue weighted by molar-refractivity contribution is 5.89. The lowest BCUT2D eigenvalue weighted by atomic mass is 10.1. The molecule has 0 fully saturated rings. The summed E-state index contributed by atoms with van der Waals surface area (Å²) in [7, 11) is 0. The molecule has 0 atom stereocenters. The third-order valence-corrected chi connectivity index (χ3v) is 3.48. The van der Waals surface area contributed by atoms with E-state index in [0.29, 0.717) is 18.8 Å². The number of nitrogens with zero attached hydrogens (tertiary/aromatic N) is 1. The van der Waals surface area contributed by atoms with Crippen LogP contribution in [0.2, 0.25) is 0 Å². The summed E-state index contributed by atoms with van der Waals surface area (Å²) in [5, 5.41) is 0. The number of hydrogen-bond donors (Lipinski definition) is 0. The second-order valence-electron chi connectivity index (χ2n) is 5.13. The Balaban J connectivity index is 2.34. The van der Waals surface area contributed by atoms with Crippen LogP contribution < -0.4 is 0 Å². The average molecular weight is 271 g/mol. The van der Waals surface area contributed by atoms with Gasteiger partial charge in [-0.15, -0.1) is 0 Å². The zero-order valence-corrected chi connectivity index (χ0v) is 12.6. The van der Waals surface area contributed by atoms with E-state index in [9.17, 15) is 4.79 Å². The summed E-state index contributed by atoms with van der Waals surface area (Å²) in [6.45, 7) is 9.02. The number of esters is 1. The first-order valence-corrected chi connectivity index (χ1v) is 6.92. The van der Waals surface area contributed by atoms with Crippen molar-refractivity contribution in [2.24, 2.45) is 0 Å². The van der Waals surface area contributed by atoms with Gasteiger partial charge in [-0.05, 0) is 50.5 Å². The van der Waals surface area contributed by atoms with Crippen LogP contribution in [0.25, 0.3) is 0 Å². The minimum Gasteiger partial charge on any atom is -0.461 e. The topological polar surface area (TPSA) is 31.2 Å². The number of aromatic nitrogens is 1. The van der Waals surface area contributed by atoms with Crippen LogP contribution in [0.15, 0.2) is 30.5 Å². The summed E-state index contributed by atoms with van der Waals surface area (Å²) in [6.07, 6.45) is 1.95. The molecule has 0 spiro atoms. The Kier molecular flexibility index (Phi) is 4.28. The van der Waals surface area contributed by atoms with Gasteiger partial charge < -0.3 is 9.30 Å². The summed E-state index contributed by atoms with van der Waals surface area (Å²) < 4.78 is 7.11. The maximum Gasteiger partial charge on any atom is 0.355 e. The molecule has 3 heteroatoms. The number of carbonyl (C=O) groups excluding carboxylic acids is 1. The fourth-order valence-electron chi connectivity index (χ4n) is 2.35. The zero-order valence-electron chi connectivity index (χ0n) is 12.6. The molecular weight excluding hydrogens is 250 g/mol. The highest BCUT2D eigenvalue weighted by Crippen LogP contribution is 2.17. The zero-order chi connectivity index (χ0) is 14.7. The van der Waals surface area contributed by atoms with Gasteiger partial charge in [-0.1, -0.05) is 23.8 Å². The number of hydrogen-bond acceptors (Lipinski definition) is 2. The Morgan fingerprint density at radius 3 is 2.60 bits per heavy atom. The first-order chi connectivity index (χ1) is 9.52. The summed E-state index contributed by atoms with van der Waals surface area (Å²) in [6, 6.07) is 8.34. The monoisotopic (exact) mass is 271 g/mol. The van der Waals surface area contributed by atoms with E-state index in [1.54, 1.807) is 0 Å². The second kappa shape index (κ2) is 5.95. The molecule has 0 aliphatic heterocycles. The summed E-state index contributed by atoms with van der Waals surface area (Å²) in [4.78, 5) is 12.0. The van der Waals surface area contributed by atoms with Crippen molar-refractivity contribution < 1.29 is 9.53 Å². The van der Waals surface area contributed by atoms with E-state index in [1.807, 2.05) is 30.7 Å². The molecule has 3 nitrogen and oxygen atoms in total. The van der Waals surface area contributed by atoms with Crippen molar-refractivity contribution in [1.82, 2.24) is 4.57 Å². The molecule has 0 saturated carbocycles. The summed E-state index contributed by atoms with van der Waals surface area (Å²) in [5.74, 6) is -0.250. The Morgan fingerprint density at radius 2 is 1.90 bits per heavy atom. The number of rotatable bonds is 4. The van der Waals surface area contributed by atoms with Gasteiger partial charge in [-0.25, -0.2) is 4.79 Å². The van der Waals surface area contributed by atoms with Crippen LogP contribution in [0.1, 0.15) is 39.7 Å². The first-order valence-electron chi connectivity index (χ1n) is 6.92. The smallest absolute Gasteiger partial charge is 0.355 e. The van der Waals surface area contributed by atoms with Crippen molar-refractivity contribution in [1.29, 1.82) is 0 Å². The molecule has 1 aromatic heterocycles. The molecular formula is C17H21NO2. The van der Waals surface area contributed by atoms with Crippen molar-refractivity contribution in [3.05, 3.63) is 58.4 Å². The minimum absolute atomic E-state index is 0.250. The van der Waals surface area contributed by atoms with Gasteiger partial charge >= 0.3 is 5.97 Å². The lowest BCUT2D eigenvalue weighted by Crippen LogP contribution is -2.14. The minimum atomic E-state index is -0.250. The SMILES string of the molecule is CCOC(=O)c1c(C)ccn1Cc1cc(C)ccc1C. The van der Waals surface area contributed by atoms with Crippen LogP contribution in [-0.4, -0.2) is 17.1 Å². The lowest BCUT2D eigenvalue weighted by Gasteiger charge is -2.12. The molecule has 0 aliphatic rings. The average Bonchev–Trinajstić information content (AvgIpc) is 2.75. The Labute approximate surface area is 120 Å². The molecule has 2 rings (SSSR count). The fourth-order valence-corrected chi connectivity index (χ4v) is 2.35. The molecule has 1 heterocycles. The van der Waals surface area contributed by atoms with Crippen LogP contribution in [-0.2, 0) is 11.3 Å². The molecule has 0 unspecified atom stereocenters. The van der Waals surface area contributed by atoms with Gasteiger partial charge in [-0.2, -0.15) is 0 Å². The van der Waals surface area contributed by atoms with Crippen molar-refractivity contribution in [2.75, 3.05) is 6.61 Å². The van der Waals surface area contributed by atoms with E-state index in [0.717, 1.165) is 5.56 Å². The lowest BCUT2D eigenvalue weighted by molar-refractivity contribution is 0.0513. The quantitative estimate of drug-likeness (QED) is 0.795. The molecule has 0 N–H and O–H groups in total. The first kappa shape index (κ1) is 14.4. The van der Waals surface area contributed by atoms with E-state index in [4.69, 9.17) is 4.74 Å². The molecule has 2 aromatic rings. The van der Waals surface area contributed by atoms with Crippen LogP contribution in [0.4, 0.5) is 0 Å². The van der Waals surface area contributed by atoms with Gasteiger partial charge in [0.15, 0.2) is 0 Å². The highest BCUT2D eigenvalue weighted by atomic mass is 16.5. The third kappa shape index (κ3) is 2.93. The van der Waals surface area contributed by atoms with Gasteiger partial charge in [0.25, 0.3) is 0 Å². The van der Waals surface area contributed by atoms with Gasteiger partial charge in [0, 0.05) is 12.7 Å². The van der Waals surface area contributed by atoms with Crippen LogP contribution in [0, 0.1) is 20.8 Å². The predicted molar refractivity (Wildman–Crippen MR) is 80.1 cm³/mol. The Bertz CT molecular complexity index is 626. The van der Waals surface area contributed by atoms with Gasteiger partial charge in [0.05, 0.1) is 6.61 Å². The van der Waals surface area contributed by atoms with Gasteiger partial charge in [0.2, 0.25) is 0 Å². The van der Waals surface area contributed by atoms with Crippen LogP contribution in [0.5, 0.6) is 0 Å². The molecule has 0 saturated heterocycles. The second-order valence-corrected chi connectivity index (χ2v) is 5.13. The molecule has 0 aliphatic carbocycles. The van der Waals surface area contributed by atoms with Gasteiger partial charge in [0.1, 0.15) is 5.69 Å². The highest BCUT2D eigenvalue weighted by Gasteiger charge is 2.16. The number of carbonyl (C=O) groups is 1. The van der Waals surface area contributed by atoms with E-state index < -0.39 is 0 Å². The predicted octanol–water partition coefficient (Wildman–Crippen LogP) is 3.64. The Hall–Kier alpha value is -2.03. The van der Waals surface area contributed by atoms with Gasteiger partial charge in [-0.3, -0.25) is 0 Å². The number of aryl methyl sites for hydroxylation is 3. The van der Waals surface area contributed by atoms with Crippen LogP contribution >= 0.6 is 0 Å². The van der Waals surface area contributed by atoms with Crippen molar-refractivity contribution in [3.63, 3.8) is 0 Å². The molecule has 0 bridgehead atoms. The molecule has 106 valence electrons. The molecule has 1 aromatic carbocycles. The number of ether oxygens (including phenoxy) is 1. The maximum absolute atomic E-state index is 12.0. The largest absolute Gasteiger partial charge is 0.461 e. The molecule has 0 amide bonds. The van der Waals surface area contributed by atoms with E-state index in [2.05, 4.69) is 32.0 Å². The molecule has 20 heavy (non-hydrogen) atoms. The molecule has 0 radical (unpaired) electrons. The maximum atomic E-state index is 12.0. The fraction of sp³-hybridized carbons (Fsp3) is 0.353. The van der Waals surface area contributed by atoms with Crippen molar-refractivity contribution >= 4 is 5.97 Å². The third-order valence-electron chi connectivity index (χ3n) is 3.48. The van der Waals surface area contributed by atoms with E-state index in [1.165, 1.54) is 16.7 Å². The van der Waals surface area contributed by atoms with E-state index >= 15 is 0 Å². The summed E-state index contributed by atoms with van der Waals surface area (Å²) >= 11 is 0. The van der Waals surface area contributed by atoms with Crippen LogP contribution in [0.3, 0.4) is 0 Å². The Morgan fingerprint density at radius 1 is 1.15 bits per heavy atom. The van der Waals surface area contributed by atoms with Crippen molar-refractivity contribution in [3.8, 4) is 0 Å².